The summed E-state index contributed by atoms with van der Waals surface area (Å²) in [6.45, 7) is 2.30. The van der Waals surface area contributed by atoms with Crippen LogP contribution in [0, 0.1) is 5.41 Å². The first-order valence-corrected chi connectivity index (χ1v) is 10.9. The van der Waals surface area contributed by atoms with Gasteiger partial charge < -0.3 is 29.5 Å². The Morgan fingerprint density at radius 1 is 1.13 bits per heavy atom. The molecule has 2 aliphatic rings. The number of nitrogens with zero attached hydrogens (tertiary/aromatic N) is 1. The number of carbonyl (C=O) groups excluding carboxylic acids is 2. The van der Waals surface area contributed by atoms with Crippen LogP contribution in [0.2, 0.25) is 0 Å². The van der Waals surface area contributed by atoms with Crippen LogP contribution in [0.5, 0.6) is 17.2 Å². The topological polar surface area (TPSA) is 97.3 Å². The van der Waals surface area contributed by atoms with E-state index in [1.54, 1.807) is 24.0 Å². The van der Waals surface area contributed by atoms with E-state index in [2.05, 4.69) is 5.32 Å². The van der Waals surface area contributed by atoms with Crippen LogP contribution < -0.4 is 19.5 Å². The minimum Gasteiger partial charge on any atom is -0.493 e. The van der Waals surface area contributed by atoms with E-state index in [0.717, 1.165) is 31.2 Å². The van der Waals surface area contributed by atoms with E-state index in [4.69, 9.17) is 14.2 Å². The molecule has 1 aliphatic carbocycles. The van der Waals surface area contributed by atoms with Crippen LogP contribution in [-0.4, -0.2) is 61.8 Å². The van der Waals surface area contributed by atoms with Gasteiger partial charge in [-0.2, -0.15) is 0 Å². The van der Waals surface area contributed by atoms with Crippen molar-refractivity contribution in [1.82, 2.24) is 10.2 Å². The number of methoxy groups -OCH3 is 3. The molecule has 172 valence electrons. The summed E-state index contributed by atoms with van der Waals surface area (Å²) in [6, 6.07) is 2.62. The van der Waals surface area contributed by atoms with Crippen molar-refractivity contribution in [3.8, 4) is 17.2 Å². The zero-order chi connectivity index (χ0) is 22.6. The van der Waals surface area contributed by atoms with Crippen LogP contribution >= 0.6 is 0 Å². The molecule has 1 saturated carbocycles. The summed E-state index contributed by atoms with van der Waals surface area (Å²) in [6.07, 6.45) is 4.95. The van der Waals surface area contributed by atoms with Gasteiger partial charge >= 0.3 is 0 Å². The van der Waals surface area contributed by atoms with E-state index < -0.39 is 12.1 Å². The first kappa shape index (κ1) is 23.2. The number of amides is 2. The number of aliphatic hydroxyl groups excluding tert-OH is 1. The molecule has 1 heterocycles. The zero-order valence-corrected chi connectivity index (χ0v) is 18.9. The number of rotatable bonds is 8. The summed E-state index contributed by atoms with van der Waals surface area (Å²) in [5.41, 5.74) is 0.711. The molecule has 31 heavy (non-hydrogen) atoms. The lowest BCUT2D eigenvalue weighted by Gasteiger charge is -2.35. The molecule has 1 aromatic rings. The van der Waals surface area contributed by atoms with Crippen LogP contribution in [0.15, 0.2) is 12.1 Å². The second kappa shape index (κ2) is 9.77. The van der Waals surface area contributed by atoms with Crippen molar-refractivity contribution in [3.05, 3.63) is 17.7 Å². The standard InChI is InChI=1S/C23H34N2O6/c1-15(26)20(25-14-23(12-19(25)27)8-6-5-7-9-23)22(28)24-13-16-10-17(29-2)21(31-4)18(11-16)30-3/h10-11,15,20,26H,5-9,12-14H2,1-4H3,(H,24,28)/t15-,20+/m1/s1. The first-order valence-electron chi connectivity index (χ1n) is 10.9. The van der Waals surface area contributed by atoms with Gasteiger partial charge in [-0.15, -0.1) is 0 Å². The van der Waals surface area contributed by atoms with Crippen LogP contribution in [-0.2, 0) is 16.1 Å². The van der Waals surface area contributed by atoms with E-state index in [-0.39, 0.29) is 23.8 Å². The highest BCUT2D eigenvalue weighted by molar-refractivity contribution is 5.89. The average Bonchev–Trinajstić information content (AvgIpc) is 3.06. The molecule has 0 aromatic heterocycles. The normalized spacial score (nSPS) is 19.8. The van der Waals surface area contributed by atoms with Gasteiger partial charge in [0, 0.05) is 19.5 Å². The second-order valence-corrected chi connectivity index (χ2v) is 8.70. The molecule has 0 bridgehead atoms. The van der Waals surface area contributed by atoms with Gasteiger partial charge in [-0.1, -0.05) is 19.3 Å². The monoisotopic (exact) mass is 434 g/mol. The fourth-order valence-electron chi connectivity index (χ4n) is 4.97. The number of benzene rings is 1. The summed E-state index contributed by atoms with van der Waals surface area (Å²) in [5.74, 6) is 1.04. The van der Waals surface area contributed by atoms with E-state index in [1.807, 2.05) is 0 Å². The lowest BCUT2D eigenvalue weighted by molar-refractivity contribution is -0.141. The summed E-state index contributed by atoms with van der Waals surface area (Å²) in [7, 11) is 4.59. The number of carbonyl (C=O) groups is 2. The summed E-state index contributed by atoms with van der Waals surface area (Å²) < 4.78 is 16.0. The maximum Gasteiger partial charge on any atom is 0.245 e. The zero-order valence-electron chi connectivity index (χ0n) is 18.9. The Balaban J connectivity index is 1.73. The van der Waals surface area contributed by atoms with Crippen molar-refractivity contribution in [2.45, 2.75) is 64.1 Å². The van der Waals surface area contributed by atoms with Crippen LogP contribution in [0.3, 0.4) is 0 Å². The molecule has 1 spiro atoms. The summed E-state index contributed by atoms with van der Waals surface area (Å²) in [4.78, 5) is 27.4. The Kier molecular flexibility index (Phi) is 7.30. The highest BCUT2D eigenvalue weighted by Gasteiger charge is 2.48. The van der Waals surface area contributed by atoms with Gasteiger partial charge in [-0.25, -0.2) is 0 Å². The van der Waals surface area contributed by atoms with E-state index in [9.17, 15) is 14.7 Å². The molecule has 1 saturated heterocycles. The SMILES string of the molecule is COc1cc(CNC(=O)[C@H]([C@@H](C)O)N2CC3(CCCCC3)CC2=O)cc(OC)c1OC. The minimum atomic E-state index is -0.970. The third kappa shape index (κ3) is 4.89. The van der Waals surface area contributed by atoms with Crippen LogP contribution in [0.25, 0.3) is 0 Å². The Labute approximate surface area is 183 Å². The molecule has 8 heteroatoms. The number of hydrogen-bond acceptors (Lipinski definition) is 6. The van der Waals surface area contributed by atoms with E-state index in [1.165, 1.54) is 27.8 Å². The molecular weight excluding hydrogens is 400 g/mol. The summed E-state index contributed by atoms with van der Waals surface area (Å²) >= 11 is 0. The quantitative estimate of drug-likeness (QED) is 0.651. The minimum absolute atomic E-state index is 0.0422. The Morgan fingerprint density at radius 3 is 2.26 bits per heavy atom. The van der Waals surface area contributed by atoms with Gasteiger partial charge in [-0.05, 0) is 42.9 Å². The fourth-order valence-corrected chi connectivity index (χ4v) is 4.97. The van der Waals surface area contributed by atoms with Gasteiger partial charge in [0.05, 0.1) is 27.4 Å². The Hall–Kier alpha value is -2.48. The first-order chi connectivity index (χ1) is 14.8. The van der Waals surface area contributed by atoms with Crippen LogP contribution in [0.1, 0.15) is 51.0 Å². The lowest BCUT2D eigenvalue weighted by Crippen LogP contribution is -2.53. The predicted octanol–water partition coefficient (Wildman–Crippen LogP) is 2.26. The molecule has 3 rings (SSSR count). The highest BCUT2D eigenvalue weighted by Crippen LogP contribution is 2.45. The number of nitrogens with one attached hydrogen (secondary N) is 1. The Morgan fingerprint density at radius 2 is 1.74 bits per heavy atom. The van der Waals surface area contributed by atoms with Gasteiger partial charge in [0.25, 0.3) is 0 Å². The molecular formula is C23H34N2O6. The molecule has 0 unspecified atom stereocenters. The van der Waals surface area contributed by atoms with Gasteiger partial charge in [0.1, 0.15) is 6.04 Å². The molecule has 2 fully saturated rings. The van der Waals surface area contributed by atoms with E-state index in [0.29, 0.717) is 30.2 Å². The molecule has 2 atom stereocenters. The maximum absolute atomic E-state index is 13.0. The molecule has 2 amide bonds. The highest BCUT2D eigenvalue weighted by atomic mass is 16.5. The second-order valence-electron chi connectivity index (χ2n) is 8.70. The Bertz CT molecular complexity index is 778. The molecule has 1 aliphatic heterocycles. The third-order valence-corrected chi connectivity index (χ3v) is 6.52. The van der Waals surface area contributed by atoms with Crippen molar-refractivity contribution in [1.29, 1.82) is 0 Å². The third-order valence-electron chi connectivity index (χ3n) is 6.52. The van der Waals surface area contributed by atoms with Gasteiger partial charge in [-0.3, -0.25) is 9.59 Å². The van der Waals surface area contributed by atoms with Gasteiger partial charge in [0.15, 0.2) is 11.5 Å². The number of likely N-dealkylation sites (tertiary alicyclic amines) is 1. The van der Waals surface area contributed by atoms with E-state index >= 15 is 0 Å². The molecule has 8 nitrogen and oxygen atoms in total. The number of aliphatic hydroxyl groups is 1. The number of hydrogen-bond donors (Lipinski definition) is 2. The maximum atomic E-state index is 13.0. The predicted molar refractivity (Wildman–Crippen MR) is 115 cm³/mol. The van der Waals surface area contributed by atoms with Crippen molar-refractivity contribution >= 4 is 11.8 Å². The van der Waals surface area contributed by atoms with Gasteiger partial charge in [0.2, 0.25) is 17.6 Å². The smallest absolute Gasteiger partial charge is 0.245 e. The average molecular weight is 435 g/mol. The molecule has 0 radical (unpaired) electrons. The number of ether oxygens (including phenoxy) is 3. The van der Waals surface area contributed by atoms with Crippen molar-refractivity contribution in [2.75, 3.05) is 27.9 Å². The van der Waals surface area contributed by atoms with Crippen molar-refractivity contribution < 1.29 is 28.9 Å². The van der Waals surface area contributed by atoms with Crippen molar-refractivity contribution in [3.63, 3.8) is 0 Å². The summed E-state index contributed by atoms with van der Waals surface area (Å²) in [5, 5.41) is 13.2. The van der Waals surface area contributed by atoms with Crippen molar-refractivity contribution in [2.24, 2.45) is 5.41 Å². The molecule has 1 aromatic carbocycles. The van der Waals surface area contributed by atoms with Crippen LogP contribution in [0.4, 0.5) is 0 Å². The fraction of sp³-hybridized carbons (Fsp3) is 0.652. The largest absolute Gasteiger partial charge is 0.493 e. The lowest BCUT2D eigenvalue weighted by atomic mass is 9.73. The molecule has 2 N–H and O–H groups in total.